The molecule has 1 rings (SSSR count). The van der Waals surface area contributed by atoms with Crippen LogP contribution in [0.1, 0.15) is 102 Å². The maximum atomic E-state index is 11.2. The molecule has 0 fully saturated rings. The van der Waals surface area contributed by atoms with Crippen LogP contribution in [0.25, 0.3) is 0 Å². The summed E-state index contributed by atoms with van der Waals surface area (Å²) in [5, 5.41) is 11.2. The molecule has 166 valence electrons. The second kappa shape index (κ2) is 17.3. The van der Waals surface area contributed by atoms with Crippen molar-refractivity contribution in [1.82, 2.24) is 0 Å². The van der Waals surface area contributed by atoms with Gasteiger partial charge in [-0.15, -0.1) is 0 Å². The van der Waals surface area contributed by atoms with E-state index in [0.717, 1.165) is 18.4 Å². The predicted octanol–water partition coefficient (Wildman–Crippen LogP) is 6.96. The van der Waals surface area contributed by atoms with Gasteiger partial charge in [0.25, 0.3) is 0 Å². The SMILES string of the molecule is CCCCCCCCCCCCCCCCOc1ccc(CCN)cc1[N+](=O)[O-]. The van der Waals surface area contributed by atoms with Gasteiger partial charge in [0.2, 0.25) is 0 Å². The number of ether oxygens (including phenoxy) is 1. The summed E-state index contributed by atoms with van der Waals surface area (Å²) in [6.07, 6.45) is 19.0. The molecule has 1 aromatic rings. The molecule has 2 N–H and O–H groups in total. The van der Waals surface area contributed by atoms with E-state index in [4.69, 9.17) is 10.5 Å². The van der Waals surface area contributed by atoms with Crippen LogP contribution in [0.15, 0.2) is 18.2 Å². The summed E-state index contributed by atoms with van der Waals surface area (Å²) in [6, 6.07) is 5.14. The first kappa shape index (κ1) is 25.4. The van der Waals surface area contributed by atoms with Gasteiger partial charge >= 0.3 is 5.69 Å². The Bertz CT molecular complexity index is 549. The maximum Gasteiger partial charge on any atom is 0.311 e. The Labute approximate surface area is 177 Å². The normalized spacial score (nSPS) is 11.0. The number of unbranched alkanes of at least 4 members (excludes halogenated alkanes) is 13. The van der Waals surface area contributed by atoms with Gasteiger partial charge in [0, 0.05) is 6.07 Å². The van der Waals surface area contributed by atoms with Crippen LogP contribution >= 0.6 is 0 Å². The Hall–Kier alpha value is -1.62. The number of rotatable bonds is 19. The highest BCUT2D eigenvalue weighted by molar-refractivity contribution is 5.48. The lowest BCUT2D eigenvalue weighted by molar-refractivity contribution is -0.385. The van der Waals surface area contributed by atoms with Crippen molar-refractivity contribution in [3.05, 3.63) is 33.9 Å². The summed E-state index contributed by atoms with van der Waals surface area (Å²) < 4.78 is 5.67. The zero-order chi connectivity index (χ0) is 21.2. The largest absolute Gasteiger partial charge is 0.487 e. The molecule has 29 heavy (non-hydrogen) atoms. The molecule has 0 atom stereocenters. The van der Waals surface area contributed by atoms with Gasteiger partial charge in [0.05, 0.1) is 11.5 Å². The topological polar surface area (TPSA) is 78.4 Å². The summed E-state index contributed by atoms with van der Waals surface area (Å²) in [5.74, 6) is 0.366. The molecule has 1 aromatic carbocycles. The van der Waals surface area contributed by atoms with Gasteiger partial charge in [-0.05, 0) is 31.0 Å². The highest BCUT2D eigenvalue weighted by Gasteiger charge is 2.15. The maximum absolute atomic E-state index is 11.2. The van der Waals surface area contributed by atoms with Gasteiger partial charge in [-0.3, -0.25) is 10.1 Å². The van der Waals surface area contributed by atoms with Gasteiger partial charge in [0.15, 0.2) is 5.75 Å². The molecule has 0 radical (unpaired) electrons. The zero-order valence-corrected chi connectivity index (χ0v) is 18.5. The summed E-state index contributed by atoms with van der Waals surface area (Å²) in [6.45, 7) is 3.28. The molecular formula is C24H42N2O3. The van der Waals surface area contributed by atoms with E-state index in [-0.39, 0.29) is 10.6 Å². The molecule has 0 aromatic heterocycles. The molecular weight excluding hydrogens is 364 g/mol. The third-order valence-electron chi connectivity index (χ3n) is 5.41. The van der Waals surface area contributed by atoms with E-state index >= 15 is 0 Å². The smallest absolute Gasteiger partial charge is 0.311 e. The first-order chi connectivity index (χ1) is 14.2. The summed E-state index contributed by atoms with van der Waals surface area (Å²) in [4.78, 5) is 10.9. The molecule has 0 amide bonds. The van der Waals surface area contributed by atoms with Gasteiger partial charge in [-0.2, -0.15) is 0 Å². The molecule has 0 heterocycles. The van der Waals surface area contributed by atoms with Gasteiger partial charge < -0.3 is 10.5 Å². The van der Waals surface area contributed by atoms with Crippen LogP contribution < -0.4 is 10.5 Å². The zero-order valence-electron chi connectivity index (χ0n) is 18.5. The van der Waals surface area contributed by atoms with Crippen LogP contribution in [0.4, 0.5) is 5.69 Å². The third-order valence-corrected chi connectivity index (χ3v) is 5.41. The van der Waals surface area contributed by atoms with E-state index in [2.05, 4.69) is 6.92 Å². The molecule has 5 nitrogen and oxygen atoms in total. The Balaban J connectivity index is 2.01. The molecule has 0 aliphatic carbocycles. The minimum Gasteiger partial charge on any atom is -0.487 e. The Morgan fingerprint density at radius 3 is 1.86 bits per heavy atom. The van der Waals surface area contributed by atoms with E-state index in [1.54, 1.807) is 12.1 Å². The summed E-state index contributed by atoms with van der Waals surface area (Å²) in [7, 11) is 0. The van der Waals surface area contributed by atoms with E-state index < -0.39 is 0 Å². The highest BCUT2D eigenvalue weighted by Crippen LogP contribution is 2.28. The quantitative estimate of drug-likeness (QED) is 0.153. The lowest BCUT2D eigenvalue weighted by Gasteiger charge is -2.08. The highest BCUT2D eigenvalue weighted by atomic mass is 16.6. The first-order valence-electron chi connectivity index (χ1n) is 11.8. The second-order valence-corrected chi connectivity index (χ2v) is 8.04. The first-order valence-corrected chi connectivity index (χ1v) is 11.8. The summed E-state index contributed by atoms with van der Waals surface area (Å²) >= 11 is 0. The van der Waals surface area contributed by atoms with Gasteiger partial charge in [-0.25, -0.2) is 0 Å². The fourth-order valence-electron chi connectivity index (χ4n) is 3.63. The molecule has 0 aliphatic heterocycles. The van der Waals surface area contributed by atoms with Crippen LogP contribution in [0, 0.1) is 10.1 Å². The van der Waals surface area contributed by atoms with Crippen molar-refractivity contribution in [1.29, 1.82) is 0 Å². The molecule has 0 saturated heterocycles. The Morgan fingerprint density at radius 1 is 0.862 bits per heavy atom. The summed E-state index contributed by atoms with van der Waals surface area (Å²) in [5.41, 5.74) is 6.44. The molecule has 0 spiro atoms. The van der Waals surface area contributed by atoms with E-state index in [9.17, 15) is 10.1 Å². The van der Waals surface area contributed by atoms with Crippen molar-refractivity contribution in [3.8, 4) is 5.75 Å². The van der Waals surface area contributed by atoms with Crippen molar-refractivity contribution in [2.24, 2.45) is 5.73 Å². The number of nitro benzene ring substituents is 1. The molecule has 5 heteroatoms. The minimum absolute atomic E-state index is 0.0429. The lowest BCUT2D eigenvalue weighted by Crippen LogP contribution is -2.05. The van der Waals surface area contributed by atoms with Crippen LogP contribution in [-0.2, 0) is 6.42 Å². The number of nitrogens with zero attached hydrogens (tertiary/aromatic N) is 1. The number of benzene rings is 1. The average molecular weight is 407 g/mol. The molecule has 0 aliphatic rings. The Kier molecular flexibility index (Phi) is 15.1. The number of nitrogens with two attached hydrogens (primary N) is 1. The fourth-order valence-corrected chi connectivity index (χ4v) is 3.63. The van der Waals surface area contributed by atoms with E-state index in [0.29, 0.717) is 25.3 Å². The minimum atomic E-state index is -0.374. The van der Waals surface area contributed by atoms with Crippen molar-refractivity contribution in [2.75, 3.05) is 13.2 Å². The number of hydrogen-bond donors (Lipinski definition) is 1. The van der Waals surface area contributed by atoms with Crippen molar-refractivity contribution in [3.63, 3.8) is 0 Å². The van der Waals surface area contributed by atoms with Crippen LogP contribution in [0.3, 0.4) is 0 Å². The van der Waals surface area contributed by atoms with Crippen molar-refractivity contribution < 1.29 is 9.66 Å². The van der Waals surface area contributed by atoms with Crippen LogP contribution in [-0.4, -0.2) is 18.1 Å². The standard InChI is InChI=1S/C24H42N2O3/c1-2-3-4-5-6-7-8-9-10-11-12-13-14-15-20-29-24-17-16-22(18-19-25)21-23(24)26(27)28/h16-17,21H,2-15,18-20,25H2,1H3. The fraction of sp³-hybridized carbons (Fsp3) is 0.750. The third kappa shape index (κ3) is 12.5. The Morgan fingerprint density at radius 2 is 1.38 bits per heavy atom. The van der Waals surface area contributed by atoms with E-state index in [1.165, 1.54) is 77.0 Å². The lowest BCUT2D eigenvalue weighted by atomic mass is 10.0. The van der Waals surface area contributed by atoms with Crippen molar-refractivity contribution in [2.45, 2.75) is 103 Å². The molecule has 0 bridgehead atoms. The molecule has 0 unspecified atom stereocenters. The van der Waals surface area contributed by atoms with E-state index in [1.807, 2.05) is 6.07 Å². The van der Waals surface area contributed by atoms with Gasteiger partial charge in [-0.1, -0.05) is 96.5 Å². The second-order valence-electron chi connectivity index (χ2n) is 8.04. The van der Waals surface area contributed by atoms with Crippen molar-refractivity contribution >= 4 is 5.69 Å². The monoisotopic (exact) mass is 406 g/mol. The number of hydrogen-bond acceptors (Lipinski definition) is 4. The number of nitro groups is 1. The van der Waals surface area contributed by atoms with Crippen LogP contribution in [0.2, 0.25) is 0 Å². The predicted molar refractivity (Wildman–Crippen MR) is 122 cm³/mol. The average Bonchev–Trinajstić information content (AvgIpc) is 2.71. The van der Waals surface area contributed by atoms with Gasteiger partial charge in [0.1, 0.15) is 0 Å². The molecule has 0 saturated carbocycles. The van der Waals surface area contributed by atoms with Crippen LogP contribution in [0.5, 0.6) is 5.75 Å².